The lowest BCUT2D eigenvalue weighted by Gasteiger charge is -2.11. The van der Waals surface area contributed by atoms with E-state index in [1.807, 2.05) is 19.1 Å². The van der Waals surface area contributed by atoms with E-state index in [1.165, 1.54) is 0 Å². The second-order valence-corrected chi connectivity index (χ2v) is 7.13. The molecule has 0 fully saturated rings. The average molecular weight is 423 g/mol. The molecule has 0 saturated carbocycles. The number of anilines is 1. The lowest BCUT2D eigenvalue weighted by atomic mass is 10.1. The second kappa shape index (κ2) is 7.98. The highest BCUT2D eigenvalue weighted by Crippen LogP contribution is 2.31. The van der Waals surface area contributed by atoms with E-state index >= 15 is 0 Å². The standard InChI is InChI=1S/C21H15ClN4O2S/c1-12-4-6-13(7-5-12)19(27)26-21(29)24-14-8-9-16(22)15(11-14)20-25-18-17(28-20)3-2-10-23-18/h2-11H,1H3,(H2,24,26,27,29). The summed E-state index contributed by atoms with van der Waals surface area (Å²) in [4.78, 5) is 20.8. The van der Waals surface area contributed by atoms with Crippen LogP contribution in [-0.2, 0) is 0 Å². The molecule has 2 heterocycles. The number of nitrogens with one attached hydrogen (secondary N) is 2. The molecule has 0 atom stereocenters. The Morgan fingerprint density at radius 2 is 1.93 bits per heavy atom. The van der Waals surface area contributed by atoms with Gasteiger partial charge in [0.2, 0.25) is 5.89 Å². The molecule has 1 amide bonds. The van der Waals surface area contributed by atoms with E-state index in [-0.39, 0.29) is 11.0 Å². The summed E-state index contributed by atoms with van der Waals surface area (Å²) in [5, 5.41) is 6.28. The van der Waals surface area contributed by atoms with Crippen molar-refractivity contribution in [2.75, 3.05) is 5.32 Å². The van der Waals surface area contributed by atoms with Crippen LogP contribution in [0, 0.1) is 6.92 Å². The van der Waals surface area contributed by atoms with E-state index < -0.39 is 0 Å². The van der Waals surface area contributed by atoms with Crippen LogP contribution in [0.15, 0.2) is 65.2 Å². The van der Waals surface area contributed by atoms with Crippen molar-refractivity contribution in [2.24, 2.45) is 0 Å². The van der Waals surface area contributed by atoms with Crippen LogP contribution in [0.4, 0.5) is 5.69 Å². The van der Waals surface area contributed by atoms with Crippen LogP contribution in [0.3, 0.4) is 0 Å². The normalized spacial score (nSPS) is 10.7. The number of pyridine rings is 1. The van der Waals surface area contributed by atoms with Gasteiger partial charge in [0.25, 0.3) is 5.91 Å². The first kappa shape index (κ1) is 19.0. The second-order valence-electron chi connectivity index (χ2n) is 6.31. The molecule has 0 bridgehead atoms. The lowest BCUT2D eigenvalue weighted by Crippen LogP contribution is -2.34. The van der Waals surface area contributed by atoms with Gasteiger partial charge in [0.15, 0.2) is 16.3 Å². The largest absolute Gasteiger partial charge is 0.434 e. The molecular formula is C21H15ClN4O2S. The summed E-state index contributed by atoms with van der Waals surface area (Å²) >= 11 is 11.6. The van der Waals surface area contributed by atoms with Crippen molar-refractivity contribution in [3.8, 4) is 11.5 Å². The Bertz CT molecular complexity index is 1190. The topological polar surface area (TPSA) is 80.0 Å². The molecule has 2 aromatic heterocycles. The third kappa shape index (κ3) is 4.26. The Hall–Kier alpha value is -3.29. The summed E-state index contributed by atoms with van der Waals surface area (Å²) in [5.41, 5.74) is 3.88. The molecule has 0 spiro atoms. The van der Waals surface area contributed by atoms with Gasteiger partial charge in [-0.05, 0) is 61.6 Å². The molecule has 2 N–H and O–H groups in total. The first-order chi connectivity index (χ1) is 14.0. The van der Waals surface area contributed by atoms with Crippen molar-refractivity contribution in [1.82, 2.24) is 15.3 Å². The van der Waals surface area contributed by atoms with Crippen molar-refractivity contribution < 1.29 is 9.21 Å². The summed E-state index contributed by atoms with van der Waals surface area (Å²) in [7, 11) is 0. The van der Waals surface area contributed by atoms with Crippen molar-refractivity contribution in [3.63, 3.8) is 0 Å². The zero-order valence-electron chi connectivity index (χ0n) is 15.3. The van der Waals surface area contributed by atoms with Crippen LogP contribution < -0.4 is 10.6 Å². The summed E-state index contributed by atoms with van der Waals surface area (Å²) < 4.78 is 5.74. The Morgan fingerprint density at radius 3 is 2.69 bits per heavy atom. The third-order valence-corrected chi connectivity index (χ3v) is 4.69. The fraction of sp³-hybridized carbons (Fsp3) is 0.0476. The number of fused-ring (bicyclic) bond motifs is 1. The van der Waals surface area contributed by atoms with Crippen molar-refractivity contribution in [1.29, 1.82) is 0 Å². The first-order valence-corrected chi connectivity index (χ1v) is 9.49. The minimum atomic E-state index is -0.290. The van der Waals surface area contributed by atoms with Gasteiger partial charge in [-0.1, -0.05) is 29.3 Å². The zero-order chi connectivity index (χ0) is 20.4. The quantitative estimate of drug-likeness (QED) is 0.453. The molecule has 0 saturated heterocycles. The number of nitrogens with zero attached hydrogens (tertiary/aromatic N) is 2. The number of hydrogen-bond acceptors (Lipinski definition) is 5. The molecule has 6 nitrogen and oxygen atoms in total. The number of halogens is 1. The van der Waals surface area contributed by atoms with Gasteiger partial charge in [0.05, 0.1) is 10.6 Å². The fourth-order valence-electron chi connectivity index (χ4n) is 2.69. The fourth-order valence-corrected chi connectivity index (χ4v) is 3.10. The van der Waals surface area contributed by atoms with E-state index in [4.69, 9.17) is 28.2 Å². The maximum atomic E-state index is 12.3. The molecule has 0 aliphatic carbocycles. The lowest BCUT2D eigenvalue weighted by molar-refractivity contribution is 0.0977. The minimum absolute atomic E-state index is 0.170. The van der Waals surface area contributed by atoms with Gasteiger partial charge in [0.1, 0.15) is 0 Å². The van der Waals surface area contributed by atoms with Crippen LogP contribution in [-0.4, -0.2) is 21.0 Å². The van der Waals surface area contributed by atoms with Gasteiger partial charge in [-0.3, -0.25) is 10.1 Å². The predicted octanol–water partition coefficient (Wildman–Crippen LogP) is 4.98. The van der Waals surface area contributed by atoms with E-state index in [9.17, 15) is 4.79 Å². The number of amides is 1. The molecule has 0 aliphatic heterocycles. The molecule has 4 rings (SSSR count). The van der Waals surface area contributed by atoms with Crippen molar-refractivity contribution in [2.45, 2.75) is 6.92 Å². The minimum Gasteiger partial charge on any atom is -0.434 e. The summed E-state index contributed by atoms with van der Waals surface area (Å²) in [5.74, 6) is 0.0590. The van der Waals surface area contributed by atoms with Crippen LogP contribution in [0.1, 0.15) is 15.9 Å². The van der Waals surface area contributed by atoms with Gasteiger partial charge >= 0.3 is 0 Å². The number of carbonyl (C=O) groups is 1. The third-order valence-electron chi connectivity index (χ3n) is 4.16. The van der Waals surface area contributed by atoms with E-state index in [2.05, 4.69) is 20.6 Å². The monoisotopic (exact) mass is 422 g/mol. The van der Waals surface area contributed by atoms with Crippen LogP contribution in [0.25, 0.3) is 22.7 Å². The Balaban J connectivity index is 1.52. The molecular weight excluding hydrogens is 408 g/mol. The predicted molar refractivity (Wildman–Crippen MR) is 117 cm³/mol. The molecule has 144 valence electrons. The van der Waals surface area contributed by atoms with Crippen molar-refractivity contribution >= 4 is 51.8 Å². The van der Waals surface area contributed by atoms with Gasteiger partial charge < -0.3 is 9.73 Å². The number of aryl methyl sites for hydroxylation is 1. The van der Waals surface area contributed by atoms with Gasteiger partial charge in [0, 0.05) is 17.4 Å². The number of carbonyl (C=O) groups excluding carboxylic acids is 1. The van der Waals surface area contributed by atoms with E-state index in [0.29, 0.717) is 39.0 Å². The molecule has 8 heteroatoms. The van der Waals surface area contributed by atoms with Crippen LogP contribution in [0.2, 0.25) is 5.02 Å². The number of rotatable bonds is 3. The Morgan fingerprint density at radius 1 is 1.14 bits per heavy atom. The van der Waals surface area contributed by atoms with Crippen molar-refractivity contribution in [3.05, 3.63) is 76.9 Å². The Labute approximate surface area is 176 Å². The Kier molecular flexibility index (Phi) is 5.24. The van der Waals surface area contributed by atoms with E-state index in [0.717, 1.165) is 5.56 Å². The number of thiocarbonyl (C=S) groups is 1. The molecule has 0 radical (unpaired) electrons. The highest BCUT2D eigenvalue weighted by atomic mass is 35.5. The molecule has 4 aromatic rings. The highest BCUT2D eigenvalue weighted by Gasteiger charge is 2.14. The highest BCUT2D eigenvalue weighted by molar-refractivity contribution is 7.80. The maximum absolute atomic E-state index is 12.3. The number of aromatic nitrogens is 2. The number of oxazole rings is 1. The van der Waals surface area contributed by atoms with Crippen LogP contribution >= 0.6 is 23.8 Å². The van der Waals surface area contributed by atoms with E-state index in [1.54, 1.807) is 48.7 Å². The zero-order valence-corrected chi connectivity index (χ0v) is 16.8. The SMILES string of the molecule is Cc1ccc(C(=O)NC(=S)Nc2ccc(Cl)c(-c3nc4ncccc4o3)c2)cc1. The molecule has 0 aliphatic rings. The van der Waals surface area contributed by atoms with Gasteiger partial charge in [-0.2, -0.15) is 4.98 Å². The summed E-state index contributed by atoms with van der Waals surface area (Å²) in [6.07, 6.45) is 1.64. The molecule has 29 heavy (non-hydrogen) atoms. The molecule has 2 aromatic carbocycles. The van der Waals surface area contributed by atoms with Gasteiger partial charge in [-0.15, -0.1) is 0 Å². The number of benzene rings is 2. The average Bonchev–Trinajstić information content (AvgIpc) is 3.14. The maximum Gasteiger partial charge on any atom is 0.257 e. The smallest absolute Gasteiger partial charge is 0.257 e. The summed E-state index contributed by atoms with van der Waals surface area (Å²) in [6.45, 7) is 1.96. The van der Waals surface area contributed by atoms with Gasteiger partial charge in [-0.25, -0.2) is 4.98 Å². The van der Waals surface area contributed by atoms with Crippen LogP contribution in [0.5, 0.6) is 0 Å². The first-order valence-electron chi connectivity index (χ1n) is 8.70. The molecule has 0 unspecified atom stereocenters. The summed E-state index contributed by atoms with van der Waals surface area (Å²) in [6, 6.07) is 16.0. The number of hydrogen-bond donors (Lipinski definition) is 2.